The highest BCUT2D eigenvalue weighted by atomic mass is 79.9. The first-order valence-corrected chi connectivity index (χ1v) is 23.2. The molecular weight excluding hydrogens is 866 g/mol. The second-order valence-electron chi connectivity index (χ2n) is 17.2. The number of rotatable bonds is 16. The SMILES string of the molecule is COC(=O)[C@@H](CC(=O)C1CCCC1)Cc1ccc(Br)cc1.COC(=O)[C@@H](CC(=O)C1CCCC1)Cc1ccc(C)cc1.Cc1ccc(C[C@H](N)C(=O)O)cc1.O=C(O)C1CCCC1. The van der Waals surface area contributed by atoms with Gasteiger partial charge in [-0.15, -0.1) is 0 Å². The number of hydrogen-bond donors (Lipinski definition) is 3. The van der Waals surface area contributed by atoms with Crippen LogP contribution in [0.4, 0.5) is 0 Å². The first kappa shape index (κ1) is 52.7. The highest BCUT2D eigenvalue weighted by Gasteiger charge is 2.30. The molecule has 3 atom stereocenters. The van der Waals surface area contributed by atoms with Crippen molar-refractivity contribution in [2.24, 2.45) is 35.3 Å². The number of carbonyl (C=O) groups is 6. The van der Waals surface area contributed by atoms with Gasteiger partial charge in [0.05, 0.1) is 32.0 Å². The van der Waals surface area contributed by atoms with Gasteiger partial charge < -0.3 is 25.4 Å². The molecule has 0 saturated heterocycles. The molecule has 3 aliphatic carbocycles. The number of ketones is 2. The van der Waals surface area contributed by atoms with Crippen LogP contribution in [0, 0.1) is 43.4 Å². The van der Waals surface area contributed by atoms with Gasteiger partial charge in [0.1, 0.15) is 17.6 Å². The highest BCUT2D eigenvalue weighted by Crippen LogP contribution is 2.30. The second-order valence-corrected chi connectivity index (χ2v) is 18.1. The van der Waals surface area contributed by atoms with Crippen molar-refractivity contribution in [2.45, 2.75) is 129 Å². The summed E-state index contributed by atoms with van der Waals surface area (Å²) in [5.41, 5.74) is 10.8. The molecule has 3 aromatic carbocycles. The number of Topliss-reactive ketones (excluding diaryl/α,β-unsaturated/α-hetero) is 2. The monoisotopic (exact) mass is 933 g/mol. The molecule has 12 heteroatoms. The van der Waals surface area contributed by atoms with Crippen molar-refractivity contribution in [1.82, 2.24) is 0 Å². The van der Waals surface area contributed by atoms with Crippen molar-refractivity contribution in [1.29, 1.82) is 0 Å². The number of aliphatic carboxylic acids is 2. The Hall–Kier alpha value is -4.68. The van der Waals surface area contributed by atoms with Gasteiger partial charge in [0.15, 0.2) is 0 Å². The summed E-state index contributed by atoms with van der Waals surface area (Å²) >= 11 is 3.39. The van der Waals surface area contributed by atoms with Gasteiger partial charge in [-0.1, -0.05) is 126 Å². The average Bonchev–Trinajstić information content (AvgIpc) is 4.11. The van der Waals surface area contributed by atoms with E-state index in [0.29, 0.717) is 32.1 Å². The average molecular weight is 935 g/mol. The summed E-state index contributed by atoms with van der Waals surface area (Å²) in [6, 6.07) is 22.8. The standard InChI is InChI=1S/C18H24O3.C17H21BrO3.C10H13NO2.C6H10O2/c1-13-7-9-14(10-8-13)11-16(18(20)21-2)12-17(19)15-5-3-4-6-15;1-21-17(20)14(10-12-6-8-15(18)9-7-12)11-16(19)13-4-2-3-5-13;1-7-2-4-8(5-3-7)6-9(11)10(12)13;7-6(8)5-3-1-2-4-5/h7-10,15-16H,3-6,11-12H2,1-2H3;6-9,13-14H,2-5,10-11H2,1H3;2-5,9H,6,11H2,1H3,(H,12,13);5H,1-4H2,(H,7,8)/t16-;14-;9-;/m110./s1. The Morgan fingerprint density at radius 3 is 1.17 bits per heavy atom. The molecule has 0 bridgehead atoms. The third kappa shape index (κ3) is 19.7. The van der Waals surface area contributed by atoms with Gasteiger partial charge in [0.2, 0.25) is 0 Å². The van der Waals surface area contributed by atoms with Crippen LogP contribution in [0.5, 0.6) is 0 Å². The Balaban J connectivity index is 0.000000236. The molecule has 0 unspecified atom stereocenters. The topological polar surface area (TPSA) is 187 Å². The molecule has 3 saturated carbocycles. The molecule has 0 aromatic heterocycles. The normalized spacial score (nSPS) is 16.4. The Morgan fingerprint density at radius 2 is 0.873 bits per heavy atom. The quantitative estimate of drug-likeness (QED) is 0.116. The van der Waals surface area contributed by atoms with Crippen LogP contribution < -0.4 is 5.73 Å². The van der Waals surface area contributed by atoms with E-state index in [9.17, 15) is 28.8 Å². The maximum atomic E-state index is 12.3. The molecular formula is C51H68BrNO10. The van der Waals surface area contributed by atoms with E-state index < -0.39 is 18.0 Å². The van der Waals surface area contributed by atoms with Gasteiger partial charge in [-0.2, -0.15) is 0 Å². The van der Waals surface area contributed by atoms with Crippen LogP contribution in [0.25, 0.3) is 0 Å². The number of carboxylic acids is 2. The Labute approximate surface area is 382 Å². The molecule has 3 aromatic rings. The molecule has 0 aliphatic heterocycles. The van der Waals surface area contributed by atoms with Crippen LogP contribution in [0.15, 0.2) is 77.3 Å². The summed E-state index contributed by atoms with van der Waals surface area (Å²) in [7, 11) is 2.78. The summed E-state index contributed by atoms with van der Waals surface area (Å²) in [5, 5.41) is 17.0. The van der Waals surface area contributed by atoms with Gasteiger partial charge in [-0.05, 0) is 100 Å². The number of ether oxygens (including phenoxy) is 2. The number of nitrogens with two attached hydrogens (primary N) is 1. The maximum Gasteiger partial charge on any atom is 0.320 e. The lowest BCUT2D eigenvalue weighted by Gasteiger charge is -2.16. The molecule has 3 aliphatic rings. The fraction of sp³-hybridized carbons (Fsp3) is 0.529. The minimum Gasteiger partial charge on any atom is -0.481 e. The lowest BCUT2D eigenvalue weighted by atomic mass is 9.89. The molecule has 0 radical (unpaired) electrons. The van der Waals surface area contributed by atoms with Gasteiger partial charge in [-0.25, -0.2) is 0 Å². The predicted octanol–water partition coefficient (Wildman–Crippen LogP) is 9.62. The number of hydrogen-bond acceptors (Lipinski definition) is 9. The summed E-state index contributed by atoms with van der Waals surface area (Å²) in [6.07, 6.45) is 14.6. The minimum atomic E-state index is -0.958. The van der Waals surface area contributed by atoms with E-state index in [1.807, 2.05) is 86.6 Å². The first-order valence-electron chi connectivity index (χ1n) is 22.4. The van der Waals surface area contributed by atoms with Crippen molar-refractivity contribution >= 4 is 51.4 Å². The van der Waals surface area contributed by atoms with Gasteiger partial charge in [0.25, 0.3) is 0 Å². The summed E-state index contributed by atoms with van der Waals surface area (Å²) in [4.78, 5) is 69.2. The summed E-state index contributed by atoms with van der Waals surface area (Å²) in [6.45, 7) is 4.02. The van der Waals surface area contributed by atoms with E-state index in [4.69, 9.17) is 25.4 Å². The largest absolute Gasteiger partial charge is 0.481 e. The Morgan fingerprint density at radius 1 is 0.556 bits per heavy atom. The number of benzene rings is 3. The molecule has 3 fully saturated rings. The van der Waals surface area contributed by atoms with E-state index >= 15 is 0 Å². The van der Waals surface area contributed by atoms with Crippen molar-refractivity contribution in [3.05, 3.63) is 105 Å². The molecule has 4 N–H and O–H groups in total. The number of carbonyl (C=O) groups excluding carboxylic acids is 4. The lowest BCUT2D eigenvalue weighted by molar-refractivity contribution is -0.147. The molecule has 344 valence electrons. The second kappa shape index (κ2) is 28.2. The molecule has 6 rings (SSSR count). The van der Waals surface area contributed by atoms with E-state index in [1.165, 1.54) is 19.8 Å². The molecule has 63 heavy (non-hydrogen) atoms. The van der Waals surface area contributed by atoms with Crippen LogP contribution in [0.2, 0.25) is 0 Å². The zero-order valence-corrected chi connectivity index (χ0v) is 39.1. The number of carboxylic acid groups (broad SMARTS) is 2. The van der Waals surface area contributed by atoms with Crippen LogP contribution >= 0.6 is 15.9 Å². The van der Waals surface area contributed by atoms with E-state index in [2.05, 4.69) is 15.9 Å². The zero-order valence-electron chi connectivity index (χ0n) is 37.5. The Bertz CT molecular complexity index is 1780. The van der Waals surface area contributed by atoms with Crippen LogP contribution in [-0.4, -0.2) is 65.9 Å². The Kier molecular flexibility index (Phi) is 23.6. The van der Waals surface area contributed by atoms with Crippen LogP contribution in [-0.2, 0) is 57.5 Å². The van der Waals surface area contributed by atoms with E-state index in [0.717, 1.165) is 104 Å². The van der Waals surface area contributed by atoms with Crippen LogP contribution in [0.3, 0.4) is 0 Å². The predicted molar refractivity (Wildman–Crippen MR) is 247 cm³/mol. The number of esters is 2. The van der Waals surface area contributed by atoms with Crippen molar-refractivity contribution in [3.8, 4) is 0 Å². The number of methoxy groups -OCH3 is 2. The highest BCUT2D eigenvalue weighted by molar-refractivity contribution is 9.10. The van der Waals surface area contributed by atoms with Crippen molar-refractivity contribution in [3.63, 3.8) is 0 Å². The van der Waals surface area contributed by atoms with Gasteiger partial charge in [-0.3, -0.25) is 28.8 Å². The number of halogens is 1. The maximum absolute atomic E-state index is 12.3. The van der Waals surface area contributed by atoms with Crippen molar-refractivity contribution in [2.75, 3.05) is 14.2 Å². The third-order valence-electron chi connectivity index (χ3n) is 12.2. The molecule has 0 amide bonds. The zero-order chi connectivity index (χ0) is 46.3. The van der Waals surface area contributed by atoms with Gasteiger partial charge >= 0.3 is 23.9 Å². The molecule has 0 spiro atoms. The fourth-order valence-corrected chi connectivity index (χ4v) is 8.54. The minimum absolute atomic E-state index is 0.0185. The van der Waals surface area contributed by atoms with E-state index in [1.54, 1.807) is 0 Å². The van der Waals surface area contributed by atoms with Gasteiger partial charge in [0, 0.05) is 29.2 Å². The van der Waals surface area contributed by atoms with Crippen molar-refractivity contribution < 1.29 is 48.5 Å². The molecule has 0 heterocycles. The summed E-state index contributed by atoms with van der Waals surface area (Å²) < 4.78 is 10.8. The smallest absolute Gasteiger partial charge is 0.320 e. The third-order valence-corrected chi connectivity index (χ3v) is 12.7. The first-order chi connectivity index (χ1) is 30.1. The van der Waals surface area contributed by atoms with E-state index in [-0.39, 0.29) is 53.1 Å². The molecule has 11 nitrogen and oxygen atoms in total. The number of aryl methyl sites for hydroxylation is 2. The fourth-order valence-electron chi connectivity index (χ4n) is 8.28. The lowest BCUT2D eigenvalue weighted by Crippen LogP contribution is -2.32. The summed E-state index contributed by atoms with van der Waals surface area (Å²) in [5.74, 6) is -2.10. The van der Waals surface area contributed by atoms with Crippen LogP contribution in [0.1, 0.15) is 118 Å².